The zero-order valence-electron chi connectivity index (χ0n) is 18.7. The Morgan fingerprint density at radius 1 is 1.18 bits per heavy atom. The summed E-state index contributed by atoms with van der Waals surface area (Å²) >= 11 is 0. The van der Waals surface area contributed by atoms with E-state index in [4.69, 9.17) is 5.73 Å². The Balaban J connectivity index is 1.69. The van der Waals surface area contributed by atoms with E-state index < -0.39 is 27.4 Å². The third-order valence-corrected chi connectivity index (χ3v) is 7.03. The minimum Gasteiger partial charge on any atom is -0.469 e. The molecule has 1 fully saturated rings. The molecule has 1 saturated carbocycles. The van der Waals surface area contributed by atoms with E-state index in [0.717, 1.165) is 5.56 Å². The van der Waals surface area contributed by atoms with Crippen molar-refractivity contribution in [1.29, 1.82) is 0 Å². The lowest BCUT2D eigenvalue weighted by Crippen LogP contribution is -2.46. The van der Waals surface area contributed by atoms with Gasteiger partial charge < -0.3 is 15.8 Å². The number of nitrogens with one attached hydrogen (secondary N) is 2. The SMILES string of the molecule is C=C[C@@H]1C[C@]1(N)C(=O)NS(=O)(=O)c1ccccc1NC(=O)Cc1cccc(CCC(=O)OC)c1. The molecule has 2 amide bonds. The number of amides is 2. The molecule has 0 heterocycles. The van der Waals surface area contributed by atoms with Gasteiger partial charge in [-0.25, -0.2) is 13.1 Å². The van der Waals surface area contributed by atoms with E-state index >= 15 is 0 Å². The molecular formula is C24H27N3O6S. The molecule has 9 nitrogen and oxygen atoms in total. The summed E-state index contributed by atoms with van der Waals surface area (Å²) < 4.78 is 32.4. The van der Waals surface area contributed by atoms with E-state index in [9.17, 15) is 22.8 Å². The first-order valence-corrected chi connectivity index (χ1v) is 12.1. The molecule has 34 heavy (non-hydrogen) atoms. The molecule has 10 heteroatoms. The number of para-hydroxylation sites is 1. The van der Waals surface area contributed by atoms with Crippen molar-refractivity contribution in [3.8, 4) is 0 Å². The number of aryl methyl sites for hydroxylation is 1. The molecule has 2 atom stereocenters. The Morgan fingerprint density at radius 2 is 1.88 bits per heavy atom. The fourth-order valence-electron chi connectivity index (χ4n) is 3.56. The molecule has 180 valence electrons. The summed E-state index contributed by atoms with van der Waals surface area (Å²) in [6, 6.07) is 13.0. The van der Waals surface area contributed by atoms with Crippen molar-refractivity contribution >= 4 is 33.5 Å². The largest absolute Gasteiger partial charge is 0.469 e. The number of ether oxygens (including phenoxy) is 1. The van der Waals surface area contributed by atoms with Crippen LogP contribution in [-0.2, 0) is 42.0 Å². The number of hydrogen-bond donors (Lipinski definition) is 3. The molecular weight excluding hydrogens is 458 g/mol. The van der Waals surface area contributed by atoms with E-state index in [1.54, 1.807) is 24.3 Å². The lowest BCUT2D eigenvalue weighted by atomic mass is 10.0. The van der Waals surface area contributed by atoms with Crippen molar-refractivity contribution in [3.05, 3.63) is 72.3 Å². The van der Waals surface area contributed by atoms with Gasteiger partial charge in [0.05, 0.1) is 19.2 Å². The van der Waals surface area contributed by atoms with E-state index in [-0.39, 0.29) is 35.3 Å². The molecule has 0 saturated heterocycles. The maximum Gasteiger partial charge on any atom is 0.305 e. The number of methoxy groups -OCH3 is 1. The molecule has 0 radical (unpaired) electrons. The predicted molar refractivity (Wildman–Crippen MR) is 126 cm³/mol. The van der Waals surface area contributed by atoms with E-state index in [2.05, 4.69) is 16.6 Å². The zero-order chi connectivity index (χ0) is 24.9. The summed E-state index contributed by atoms with van der Waals surface area (Å²) in [6.45, 7) is 3.59. The van der Waals surface area contributed by atoms with E-state index in [1.807, 2.05) is 10.8 Å². The van der Waals surface area contributed by atoms with Gasteiger partial charge in [-0.1, -0.05) is 42.5 Å². The van der Waals surface area contributed by atoms with Crippen molar-refractivity contribution in [2.45, 2.75) is 36.1 Å². The second kappa shape index (κ2) is 10.2. The lowest BCUT2D eigenvalue weighted by molar-refractivity contribution is -0.140. The van der Waals surface area contributed by atoms with Gasteiger partial charge in [-0.3, -0.25) is 14.4 Å². The van der Waals surface area contributed by atoms with Crippen LogP contribution < -0.4 is 15.8 Å². The number of anilines is 1. The molecule has 0 spiro atoms. The first-order valence-electron chi connectivity index (χ1n) is 10.6. The number of carbonyl (C=O) groups excluding carboxylic acids is 3. The van der Waals surface area contributed by atoms with Crippen LogP contribution in [0, 0.1) is 5.92 Å². The third kappa shape index (κ3) is 5.89. The summed E-state index contributed by atoms with van der Waals surface area (Å²) in [5, 5.41) is 2.60. The lowest BCUT2D eigenvalue weighted by Gasteiger charge is -2.15. The van der Waals surface area contributed by atoms with Gasteiger partial charge in [-0.15, -0.1) is 6.58 Å². The normalized spacial score (nSPS) is 19.1. The van der Waals surface area contributed by atoms with E-state index in [1.165, 1.54) is 31.4 Å². The third-order valence-electron chi connectivity index (χ3n) is 5.65. The fourth-order valence-corrected chi connectivity index (χ4v) is 4.77. The van der Waals surface area contributed by atoms with Crippen LogP contribution in [0.5, 0.6) is 0 Å². The second-order valence-electron chi connectivity index (χ2n) is 8.14. The zero-order valence-corrected chi connectivity index (χ0v) is 19.6. The van der Waals surface area contributed by atoms with Crippen LogP contribution in [0.4, 0.5) is 5.69 Å². The maximum atomic E-state index is 12.9. The van der Waals surface area contributed by atoms with Crippen molar-refractivity contribution in [1.82, 2.24) is 4.72 Å². The fraction of sp³-hybridized carbons (Fsp3) is 0.292. The Kier molecular flexibility index (Phi) is 7.53. The second-order valence-corrected chi connectivity index (χ2v) is 9.79. The highest BCUT2D eigenvalue weighted by Gasteiger charge is 2.56. The quantitative estimate of drug-likeness (QED) is 0.343. The number of nitrogens with two attached hydrogens (primary N) is 1. The van der Waals surface area contributed by atoms with E-state index in [0.29, 0.717) is 18.4 Å². The number of rotatable bonds is 10. The molecule has 0 aliphatic heterocycles. The topological polar surface area (TPSA) is 145 Å². The van der Waals surface area contributed by atoms with Gasteiger partial charge in [0.25, 0.3) is 15.9 Å². The molecule has 1 aliphatic rings. The van der Waals surface area contributed by atoms with Gasteiger partial charge >= 0.3 is 5.97 Å². The standard InChI is InChI=1S/C24H27N3O6S/c1-3-18-15-24(18,25)23(30)27-34(31,32)20-10-5-4-9-19(20)26-21(28)14-17-8-6-7-16(13-17)11-12-22(29)33-2/h3-10,13,18H,1,11-12,14-15,25H2,2H3,(H,26,28)(H,27,30)/t18-,24-/m1/s1. The van der Waals surface area contributed by atoms with Gasteiger partial charge in [0, 0.05) is 12.3 Å². The first-order chi connectivity index (χ1) is 16.1. The monoisotopic (exact) mass is 485 g/mol. The average Bonchev–Trinajstić information content (AvgIpc) is 3.49. The number of carbonyl (C=O) groups is 3. The van der Waals surface area contributed by atoms with Crippen molar-refractivity contribution in [2.24, 2.45) is 11.7 Å². The molecule has 0 aromatic heterocycles. The molecule has 0 bridgehead atoms. The Hall–Kier alpha value is -3.50. The minimum absolute atomic E-state index is 0.0142. The summed E-state index contributed by atoms with van der Waals surface area (Å²) in [7, 11) is -2.96. The van der Waals surface area contributed by atoms with Crippen molar-refractivity contribution in [3.63, 3.8) is 0 Å². The number of benzene rings is 2. The van der Waals surface area contributed by atoms with Crippen molar-refractivity contribution in [2.75, 3.05) is 12.4 Å². The van der Waals surface area contributed by atoms with Crippen LogP contribution in [-0.4, -0.2) is 38.9 Å². The smallest absolute Gasteiger partial charge is 0.305 e. The van der Waals surface area contributed by atoms with Gasteiger partial charge in [0.15, 0.2) is 0 Å². The molecule has 2 aromatic carbocycles. The van der Waals surface area contributed by atoms with Crippen LogP contribution in [0.1, 0.15) is 24.0 Å². The van der Waals surface area contributed by atoms with Gasteiger partial charge in [0.1, 0.15) is 10.4 Å². The first kappa shape index (κ1) is 25.1. The Labute approximate surface area is 198 Å². The molecule has 2 aromatic rings. The number of hydrogen-bond acceptors (Lipinski definition) is 7. The van der Waals surface area contributed by atoms with Crippen LogP contribution in [0.2, 0.25) is 0 Å². The van der Waals surface area contributed by atoms with Crippen LogP contribution in [0.15, 0.2) is 66.1 Å². The molecule has 1 aliphatic carbocycles. The minimum atomic E-state index is -4.28. The average molecular weight is 486 g/mol. The highest BCUT2D eigenvalue weighted by Crippen LogP contribution is 2.42. The summed E-state index contributed by atoms with van der Waals surface area (Å²) in [5.41, 5.74) is 6.26. The van der Waals surface area contributed by atoms with Crippen LogP contribution >= 0.6 is 0 Å². The number of sulfonamides is 1. The highest BCUT2D eigenvalue weighted by molar-refractivity contribution is 7.90. The van der Waals surface area contributed by atoms with Gasteiger partial charge in [-0.2, -0.15) is 0 Å². The van der Waals surface area contributed by atoms with Crippen molar-refractivity contribution < 1.29 is 27.5 Å². The predicted octanol–water partition coefficient (Wildman–Crippen LogP) is 1.68. The van der Waals surface area contributed by atoms with Gasteiger partial charge in [-0.05, 0) is 36.1 Å². The van der Waals surface area contributed by atoms with Crippen LogP contribution in [0.3, 0.4) is 0 Å². The van der Waals surface area contributed by atoms with Crippen LogP contribution in [0.25, 0.3) is 0 Å². The number of esters is 1. The Morgan fingerprint density at radius 3 is 2.56 bits per heavy atom. The van der Waals surface area contributed by atoms with Gasteiger partial charge in [0.2, 0.25) is 5.91 Å². The summed E-state index contributed by atoms with van der Waals surface area (Å²) in [4.78, 5) is 36.2. The molecule has 0 unspecified atom stereocenters. The Bertz CT molecular complexity index is 1230. The maximum absolute atomic E-state index is 12.9. The highest BCUT2D eigenvalue weighted by atomic mass is 32.2. The molecule has 4 N–H and O–H groups in total. The summed E-state index contributed by atoms with van der Waals surface area (Å²) in [6.07, 6.45) is 2.51. The summed E-state index contributed by atoms with van der Waals surface area (Å²) in [5.74, 6) is -1.87. The molecule has 3 rings (SSSR count).